The van der Waals surface area contributed by atoms with Gasteiger partial charge in [-0.1, -0.05) is 17.4 Å². The summed E-state index contributed by atoms with van der Waals surface area (Å²) < 4.78 is 37.7. The van der Waals surface area contributed by atoms with E-state index in [0.29, 0.717) is 27.8 Å². The van der Waals surface area contributed by atoms with Crippen molar-refractivity contribution in [3.8, 4) is 11.5 Å². The molecule has 2 aromatic carbocycles. The molecular weight excluding hydrogens is 414 g/mol. The van der Waals surface area contributed by atoms with Gasteiger partial charge >= 0.3 is 0 Å². The third kappa shape index (κ3) is 4.84. The summed E-state index contributed by atoms with van der Waals surface area (Å²) in [5, 5.41) is 2.86. The number of hydrogen-bond donors (Lipinski definition) is 2. The monoisotopic (exact) mass is 433 g/mol. The molecular formula is C19H19N3O5S2. The van der Waals surface area contributed by atoms with E-state index in [1.165, 1.54) is 26.4 Å². The Hall–Kier alpha value is -3.11. The molecule has 0 atom stereocenters. The number of benzene rings is 2. The van der Waals surface area contributed by atoms with E-state index in [9.17, 15) is 13.2 Å². The van der Waals surface area contributed by atoms with Gasteiger partial charge in [-0.15, -0.1) is 0 Å². The van der Waals surface area contributed by atoms with Gasteiger partial charge in [-0.2, -0.15) is 0 Å². The summed E-state index contributed by atoms with van der Waals surface area (Å²) in [7, 11) is -0.806. The lowest BCUT2D eigenvalue weighted by molar-refractivity contribution is 0.103. The summed E-state index contributed by atoms with van der Waals surface area (Å²) in [4.78, 5) is 17.1. The van der Waals surface area contributed by atoms with Gasteiger partial charge in [-0.25, -0.2) is 13.4 Å². The Morgan fingerprint density at radius 2 is 1.72 bits per heavy atom. The zero-order valence-electron chi connectivity index (χ0n) is 15.9. The highest BCUT2D eigenvalue weighted by atomic mass is 32.2. The van der Waals surface area contributed by atoms with Crippen LogP contribution in [0.25, 0.3) is 0 Å². The van der Waals surface area contributed by atoms with Gasteiger partial charge in [0.15, 0.2) is 5.13 Å². The lowest BCUT2D eigenvalue weighted by atomic mass is 10.3. The maximum absolute atomic E-state index is 12.6. The molecule has 10 heteroatoms. The average molecular weight is 434 g/mol. The van der Waals surface area contributed by atoms with Crippen molar-refractivity contribution in [2.75, 3.05) is 24.3 Å². The van der Waals surface area contributed by atoms with Gasteiger partial charge in [0, 0.05) is 11.8 Å². The van der Waals surface area contributed by atoms with Crippen LogP contribution in [0.3, 0.4) is 0 Å². The largest absolute Gasteiger partial charge is 0.497 e. The van der Waals surface area contributed by atoms with Crippen molar-refractivity contribution in [1.82, 2.24) is 4.98 Å². The van der Waals surface area contributed by atoms with E-state index in [1.54, 1.807) is 43.3 Å². The van der Waals surface area contributed by atoms with Crippen LogP contribution in [0.1, 0.15) is 15.4 Å². The number of aromatic nitrogens is 1. The summed E-state index contributed by atoms with van der Waals surface area (Å²) in [5.74, 6) is 0.769. The molecule has 0 fully saturated rings. The fourth-order valence-corrected chi connectivity index (χ4v) is 4.56. The van der Waals surface area contributed by atoms with Crippen molar-refractivity contribution in [2.24, 2.45) is 0 Å². The van der Waals surface area contributed by atoms with Crippen molar-refractivity contribution in [2.45, 2.75) is 11.8 Å². The third-order valence-electron chi connectivity index (χ3n) is 3.92. The van der Waals surface area contributed by atoms with Gasteiger partial charge in [-0.05, 0) is 43.3 Å². The topological polar surface area (TPSA) is 107 Å². The summed E-state index contributed by atoms with van der Waals surface area (Å²) >= 11 is 0.957. The predicted octanol–water partition coefficient (Wildman–Crippen LogP) is 3.52. The van der Waals surface area contributed by atoms with Crippen LogP contribution >= 0.6 is 11.3 Å². The number of sulfonamides is 1. The molecule has 29 heavy (non-hydrogen) atoms. The zero-order valence-corrected chi connectivity index (χ0v) is 17.6. The van der Waals surface area contributed by atoms with E-state index < -0.39 is 10.0 Å². The van der Waals surface area contributed by atoms with Gasteiger partial charge in [0.1, 0.15) is 16.4 Å². The van der Waals surface area contributed by atoms with Crippen LogP contribution in [0.15, 0.2) is 53.4 Å². The van der Waals surface area contributed by atoms with Gasteiger partial charge < -0.3 is 14.8 Å². The zero-order chi connectivity index (χ0) is 21.0. The van der Waals surface area contributed by atoms with Crippen LogP contribution in [-0.4, -0.2) is 33.5 Å². The van der Waals surface area contributed by atoms with Crippen LogP contribution < -0.4 is 19.5 Å². The maximum Gasteiger partial charge on any atom is 0.267 e. The molecule has 0 spiro atoms. The van der Waals surface area contributed by atoms with Crippen LogP contribution in [0.4, 0.5) is 10.8 Å². The van der Waals surface area contributed by atoms with Crippen LogP contribution in [0.2, 0.25) is 0 Å². The molecule has 0 unspecified atom stereocenters. The second-order valence-electron chi connectivity index (χ2n) is 5.90. The lowest BCUT2D eigenvalue weighted by Gasteiger charge is -2.06. The first-order chi connectivity index (χ1) is 13.8. The lowest BCUT2D eigenvalue weighted by Crippen LogP contribution is -2.12. The number of anilines is 2. The molecule has 0 bridgehead atoms. The number of rotatable bonds is 7. The molecule has 0 saturated heterocycles. The molecule has 0 aliphatic rings. The van der Waals surface area contributed by atoms with Crippen molar-refractivity contribution in [1.29, 1.82) is 0 Å². The molecule has 3 aromatic rings. The number of hydrogen-bond acceptors (Lipinski definition) is 7. The second-order valence-corrected chi connectivity index (χ2v) is 8.58. The van der Waals surface area contributed by atoms with Crippen molar-refractivity contribution in [3.05, 3.63) is 59.1 Å². The average Bonchev–Trinajstić information content (AvgIpc) is 3.07. The minimum absolute atomic E-state index is 0.0635. The number of nitrogens with one attached hydrogen (secondary N) is 2. The fraction of sp³-hybridized carbons (Fsp3) is 0.158. The van der Waals surface area contributed by atoms with Crippen molar-refractivity contribution < 1.29 is 22.7 Å². The Labute approximate surface area is 172 Å². The van der Waals surface area contributed by atoms with E-state index in [2.05, 4.69) is 15.0 Å². The Morgan fingerprint density at radius 3 is 2.38 bits per heavy atom. The minimum Gasteiger partial charge on any atom is -0.497 e. The molecule has 152 valence electrons. The number of nitrogens with zero attached hydrogens (tertiary/aromatic N) is 1. The molecule has 3 rings (SSSR count). The number of methoxy groups -OCH3 is 2. The third-order valence-corrected chi connectivity index (χ3v) is 6.48. The fourth-order valence-electron chi connectivity index (χ4n) is 2.47. The standard InChI is InChI=1S/C19H19N3O5S2/c1-12-17(18(23)21-13-5-4-6-15(11-13)27-3)28-19(20-12)22-29(24,25)16-9-7-14(26-2)8-10-16/h4-11H,1-3H3,(H,20,22)(H,21,23). The Bertz CT molecular complexity index is 1130. The van der Waals surface area contributed by atoms with E-state index >= 15 is 0 Å². The van der Waals surface area contributed by atoms with Gasteiger partial charge in [0.2, 0.25) is 0 Å². The van der Waals surface area contributed by atoms with Gasteiger partial charge in [0.05, 0.1) is 24.8 Å². The molecule has 0 saturated carbocycles. The molecule has 0 aliphatic heterocycles. The predicted molar refractivity (Wildman–Crippen MR) is 112 cm³/mol. The molecule has 8 nitrogen and oxygen atoms in total. The maximum atomic E-state index is 12.6. The van der Waals surface area contributed by atoms with E-state index in [4.69, 9.17) is 9.47 Å². The van der Waals surface area contributed by atoms with Gasteiger partial charge in [0.25, 0.3) is 15.9 Å². The van der Waals surface area contributed by atoms with Gasteiger partial charge in [-0.3, -0.25) is 9.52 Å². The summed E-state index contributed by atoms with van der Waals surface area (Å²) in [6.45, 7) is 1.64. The molecule has 2 N–H and O–H groups in total. The normalized spacial score (nSPS) is 11.0. The Morgan fingerprint density at radius 1 is 1.03 bits per heavy atom. The molecule has 1 heterocycles. The van der Waals surface area contributed by atoms with Crippen LogP contribution in [-0.2, 0) is 10.0 Å². The van der Waals surface area contributed by atoms with Crippen LogP contribution in [0.5, 0.6) is 11.5 Å². The van der Waals surface area contributed by atoms with E-state index in [1.807, 2.05) is 0 Å². The van der Waals surface area contributed by atoms with Crippen molar-refractivity contribution in [3.63, 3.8) is 0 Å². The van der Waals surface area contributed by atoms with Crippen molar-refractivity contribution >= 4 is 38.1 Å². The molecule has 1 amide bonds. The molecule has 1 aromatic heterocycles. The highest BCUT2D eigenvalue weighted by Gasteiger charge is 2.20. The molecule has 0 aliphatic carbocycles. The summed E-state index contributed by atoms with van der Waals surface area (Å²) in [5.41, 5.74) is 0.977. The summed E-state index contributed by atoms with van der Waals surface area (Å²) in [6, 6.07) is 12.9. The smallest absolute Gasteiger partial charge is 0.267 e. The SMILES string of the molecule is COc1ccc(S(=O)(=O)Nc2nc(C)c(C(=O)Nc3cccc(OC)c3)s2)cc1. The first-order valence-corrected chi connectivity index (χ1v) is 10.7. The highest BCUT2D eigenvalue weighted by Crippen LogP contribution is 2.27. The van der Waals surface area contributed by atoms with Crippen LogP contribution in [0, 0.1) is 6.92 Å². The highest BCUT2D eigenvalue weighted by molar-refractivity contribution is 7.93. The Balaban J connectivity index is 1.77. The Kier molecular flexibility index (Phi) is 6.04. The number of carbonyl (C=O) groups excluding carboxylic acids is 1. The number of thiazole rings is 1. The number of ether oxygens (including phenoxy) is 2. The van der Waals surface area contributed by atoms with E-state index in [0.717, 1.165) is 11.3 Å². The quantitative estimate of drug-likeness (QED) is 0.590. The number of amides is 1. The molecule has 0 radical (unpaired) electrons. The first kappa shape index (κ1) is 20.6. The number of carbonyl (C=O) groups is 1. The second kappa shape index (κ2) is 8.50. The first-order valence-electron chi connectivity index (χ1n) is 8.42. The minimum atomic E-state index is -3.84. The summed E-state index contributed by atoms with van der Waals surface area (Å²) in [6.07, 6.45) is 0. The number of aryl methyl sites for hydroxylation is 1. The van der Waals surface area contributed by atoms with E-state index in [-0.39, 0.29) is 15.9 Å².